The number of rotatable bonds is 3. The van der Waals surface area contributed by atoms with Crippen molar-refractivity contribution in [3.8, 4) is 0 Å². The highest BCUT2D eigenvalue weighted by Crippen LogP contribution is 2.21. The molecule has 1 amide bonds. The van der Waals surface area contributed by atoms with Crippen LogP contribution >= 0.6 is 0 Å². The molecule has 1 aromatic heterocycles. The summed E-state index contributed by atoms with van der Waals surface area (Å²) in [5.74, 6) is -1.43. The van der Waals surface area contributed by atoms with Crippen molar-refractivity contribution in [2.45, 2.75) is 26.8 Å². The van der Waals surface area contributed by atoms with Crippen LogP contribution in [0.15, 0.2) is 30.5 Å². The number of aromatic amines is 1. The standard InChI is InChI=1S/C15H18N2O3/c1-15(2,3)12(14(19)20)17-13(18)10-6-4-5-9-7-8-16-11(9)10/h4-8,12,16H,1-3H3,(H,17,18)(H,19,20)/t12-/m1/s1. The van der Waals surface area contributed by atoms with E-state index in [1.165, 1.54) is 0 Å². The third kappa shape index (κ3) is 2.66. The molecule has 0 fully saturated rings. The third-order valence-electron chi connectivity index (χ3n) is 3.22. The number of hydrogen-bond donors (Lipinski definition) is 3. The molecule has 0 saturated heterocycles. The summed E-state index contributed by atoms with van der Waals surface area (Å²) in [6, 6.07) is 6.26. The molecule has 0 radical (unpaired) electrons. The van der Waals surface area contributed by atoms with Crippen LogP contribution in [0, 0.1) is 5.41 Å². The van der Waals surface area contributed by atoms with Gasteiger partial charge in [0, 0.05) is 11.6 Å². The van der Waals surface area contributed by atoms with Gasteiger partial charge in [0.15, 0.2) is 0 Å². The van der Waals surface area contributed by atoms with Gasteiger partial charge in [0.1, 0.15) is 6.04 Å². The molecule has 2 rings (SSSR count). The molecular formula is C15H18N2O3. The number of amides is 1. The lowest BCUT2D eigenvalue weighted by atomic mass is 9.86. The fourth-order valence-corrected chi connectivity index (χ4v) is 2.13. The molecule has 0 aliphatic heterocycles. The molecule has 5 nitrogen and oxygen atoms in total. The summed E-state index contributed by atoms with van der Waals surface area (Å²) in [5, 5.41) is 12.8. The van der Waals surface area contributed by atoms with E-state index >= 15 is 0 Å². The average molecular weight is 274 g/mol. The van der Waals surface area contributed by atoms with Crippen molar-refractivity contribution in [1.82, 2.24) is 10.3 Å². The highest BCUT2D eigenvalue weighted by molar-refractivity contribution is 6.06. The Bertz CT molecular complexity index is 652. The number of carboxylic acids is 1. The summed E-state index contributed by atoms with van der Waals surface area (Å²) in [7, 11) is 0. The normalized spacial score (nSPS) is 13.2. The first-order valence-electron chi connectivity index (χ1n) is 6.40. The monoisotopic (exact) mass is 274 g/mol. The van der Waals surface area contributed by atoms with Crippen molar-refractivity contribution in [2.24, 2.45) is 5.41 Å². The maximum absolute atomic E-state index is 12.3. The number of carboxylic acid groups (broad SMARTS) is 1. The highest BCUT2D eigenvalue weighted by Gasteiger charge is 2.33. The number of fused-ring (bicyclic) bond motifs is 1. The fraction of sp³-hybridized carbons (Fsp3) is 0.333. The van der Waals surface area contributed by atoms with Gasteiger partial charge < -0.3 is 15.4 Å². The van der Waals surface area contributed by atoms with Crippen LogP contribution in [0.25, 0.3) is 10.9 Å². The van der Waals surface area contributed by atoms with Crippen LogP contribution in [0.2, 0.25) is 0 Å². The molecule has 3 N–H and O–H groups in total. The lowest BCUT2D eigenvalue weighted by Gasteiger charge is -2.27. The molecule has 1 aromatic carbocycles. The number of carbonyl (C=O) groups is 2. The van der Waals surface area contributed by atoms with Gasteiger partial charge in [-0.25, -0.2) is 4.79 Å². The Morgan fingerprint density at radius 2 is 1.95 bits per heavy atom. The van der Waals surface area contributed by atoms with Gasteiger partial charge in [-0.2, -0.15) is 0 Å². The molecule has 5 heteroatoms. The summed E-state index contributed by atoms with van der Waals surface area (Å²) in [6.45, 7) is 5.34. The Labute approximate surface area is 117 Å². The van der Waals surface area contributed by atoms with E-state index in [4.69, 9.17) is 0 Å². The first-order valence-corrected chi connectivity index (χ1v) is 6.40. The maximum Gasteiger partial charge on any atom is 0.326 e. The van der Waals surface area contributed by atoms with Crippen LogP contribution in [0.3, 0.4) is 0 Å². The molecule has 0 spiro atoms. The minimum Gasteiger partial charge on any atom is -0.480 e. The third-order valence-corrected chi connectivity index (χ3v) is 3.22. The van der Waals surface area contributed by atoms with E-state index in [1.54, 1.807) is 39.1 Å². The van der Waals surface area contributed by atoms with E-state index in [-0.39, 0.29) is 5.91 Å². The number of para-hydroxylation sites is 1. The average Bonchev–Trinajstić information content (AvgIpc) is 2.81. The topological polar surface area (TPSA) is 82.2 Å². The van der Waals surface area contributed by atoms with Gasteiger partial charge in [0.2, 0.25) is 0 Å². The van der Waals surface area contributed by atoms with Crippen molar-refractivity contribution in [3.63, 3.8) is 0 Å². The zero-order valence-electron chi connectivity index (χ0n) is 11.7. The van der Waals surface area contributed by atoms with Gasteiger partial charge in [-0.05, 0) is 17.5 Å². The minimum absolute atomic E-state index is 0.389. The molecule has 0 unspecified atom stereocenters. The summed E-state index contributed by atoms with van der Waals surface area (Å²) in [6.07, 6.45) is 1.75. The maximum atomic E-state index is 12.3. The van der Waals surface area contributed by atoms with Gasteiger partial charge in [-0.3, -0.25) is 4.79 Å². The zero-order valence-corrected chi connectivity index (χ0v) is 11.7. The number of hydrogen-bond acceptors (Lipinski definition) is 2. The highest BCUT2D eigenvalue weighted by atomic mass is 16.4. The minimum atomic E-state index is -1.04. The van der Waals surface area contributed by atoms with Crippen LogP contribution in [0.1, 0.15) is 31.1 Å². The molecular weight excluding hydrogens is 256 g/mol. The van der Waals surface area contributed by atoms with Crippen molar-refractivity contribution in [2.75, 3.05) is 0 Å². The SMILES string of the molecule is CC(C)(C)[C@H](NC(=O)c1cccc2cc[nH]c12)C(=O)O. The fourth-order valence-electron chi connectivity index (χ4n) is 2.13. The first kappa shape index (κ1) is 14.1. The van der Waals surface area contributed by atoms with Gasteiger partial charge >= 0.3 is 5.97 Å². The number of H-pyrrole nitrogens is 1. The van der Waals surface area contributed by atoms with Crippen LogP contribution in [-0.2, 0) is 4.79 Å². The van der Waals surface area contributed by atoms with Crippen molar-refractivity contribution in [1.29, 1.82) is 0 Å². The molecule has 1 heterocycles. The second-order valence-corrected chi connectivity index (χ2v) is 5.86. The predicted octanol–water partition coefficient (Wildman–Crippen LogP) is 2.40. The van der Waals surface area contributed by atoms with Gasteiger partial charge in [0.05, 0.1) is 11.1 Å². The molecule has 20 heavy (non-hydrogen) atoms. The number of aliphatic carboxylic acids is 1. The van der Waals surface area contributed by atoms with E-state index in [1.807, 2.05) is 12.1 Å². The quantitative estimate of drug-likeness (QED) is 0.803. The lowest BCUT2D eigenvalue weighted by Crippen LogP contribution is -2.49. The van der Waals surface area contributed by atoms with Crippen molar-refractivity contribution < 1.29 is 14.7 Å². The van der Waals surface area contributed by atoms with Crippen molar-refractivity contribution in [3.05, 3.63) is 36.0 Å². The summed E-state index contributed by atoms with van der Waals surface area (Å²) in [5.41, 5.74) is 0.594. The van der Waals surface area contributed by atoms with Gasteiger partial charge in [-0.15, -0.1) is 0 Å². The number of carbonyl (C=O) groups excluding carboxylic acids is 1. The Hall–Kier alpha value is -2.30. The summed E-state index contributed by atoms with van der Waals surface area (Å²) < 4.78 is 0. The van der Waals surface area contributed by atoms with E-state index in [0.29, 0.717) is 11.1 Å². The predicted molar refractivity (Wildman–Crippen MR) is 76.6 cm³/mol. The molecule has 2 aromatic rings. The molecule has 106 valence electrons. The first-order chi connectivity index (χ1) is 9.30. The molecule has 0 aliphatic rings. The largest absolute Gasteiger partial charge is 0.480 e. The number of aromatic nitrogens is 1. The Balaban J connectivity index is 2.32. The van der Waals surface area contributed by atoms with Crippen LogP contribution in [0.4, 0.5) is 0 Å². The van der Waals surface area contributed by atoms with E-state index in [0.717, 1.165) is 5.39 Å². The second kappa shape index (κ2) is 5.00. The Morgan fingerprint density at radius 1 is 1.25 bits per heavy atom. The second-order valence-electron chi connectivity index (χ2n) is 5.86. The molecule has 0 bridgehead atoms. The van der Waals surface area contributed by atoms with Crippen molar-refractivity contribution >= 4 is 22.8 Å². The lowest BCUT2D eigenvalue weighted by molar-refractivity contribution is -0.142. The van der Waals surface area contributed by atoms with E-state index in [9.17, 15) is 14.7 Å². The van der Waals surface area contributed by atoms with Gasteiger partial charge in [0.25, 0.3) is 5.91 Å². The molecule has 0 aliphatic carbocycles. The van der Waals surface area contributed by atoms with Crippen LogP contribution < -0.4 is 5.32 Å². The smallest absolute Gasteiger partial charge is 0.326 e. The number of nitrogens with one attached hydrogen (secondary N) is 2. The Kier molecular flexibility index (Phi) is 3.53. The molecule has 1 atom stereocenters. The van der Waals surface area contributed by atoms with E-state index in [2.05, 4.69) is 10.3 Å². The number of benzene rings is 1. The Morgan fingerprint density at radius 3 is 2.55 bits per heavy atom. The van der Waals surface area contributed by atoms with Crippen LogP contribution in [0.5, 0.6) is 0 Å². The summed E-state index contributed by atoms with van der Waals surface area (Å²) in [4.78, 5) is 26.6. The zero-order chi connectivity index (χ0) is 14.9. The van der Waals surface area contributed by atoms with Gasteiger partial charge in [-0.1, -0.05) is 32.9 Å². The summed E-state index contributed by atoms with van der Waals surface area (Å²) >= 11 is 0. The van der Waals surface area contributed by atoms with E-state index < -0.39 is 17.4 Å². The molecule has 0 saturated carbocycles. The van der Waals surface area contributed by atoms with Crippen LogP contribution in [-0.4, -0.2) is 28.0 Å².